The first-order valence-corrected chi connectivity index (χ1v) is 20.7. The van der Waals surface area contributed by atoms with E-state index < -0.39 is 22.8 Å². The number of carbonyl (C=O) groups is 4. The van der Waals surface area contributed by atoms with Gasteiger partial charge < -0.3 is 15.2 Å². The molecule has 0 radical (unpaired) electrons. The van der Waals surface area contributed by atoms with Crippen LogP contribution in [0.4, 0.5) is 0 Å². The molecule has 8 nitrogen and oxygen atoms in total. The van der Waals surface area contributed by atoms with Gasteiger partial charge >= 0.3 is 11.9 Å². The molecule has 1 aromatic rings. The van der Waals surface area contributed by atoms with E-state index in [4.69, 9.17) is 16.3 Å². The highest BCUT2D eigenvalue weighted by Crippen LogP contribution is 2.77. The van der Waals surface area contributed by atoms with Gasteiger partial charge in [0.1, 0.15) is 6.10 Å². The first kappa shape index (κ1) is 40.7. The zero-order valence-corrected chi connectivity index (χ0v) is 35.0. The maximum absolute atomic E-state index is 14.0. The number of carboxylic acids is 1. The van der Waals surface area contributed by atoms with E-state index in [2.05, 4.69) is 64.8 Å². The number of hydrogen-bond acceptors (Lipinski definition) is 6. The summed E-state index contributed by atoms with van der Waals surface area (Å²) in [6, 6.07) is 3.30. The highest BCUT2D eigenvalue weighted by atomic mass is 35.5. The van der Waals surface area contributed by atoms with Crippen molar-refractivity contribution in [3.8, 4) is 0 Å². The number of fused-ring (bicyclic) bond motifs is 7. The lowest BCUT2D eigenvalue weighted by Gasteiger charge is -2.72. The van der Waals surface area contributed by atoms with Gasteiger partial charge in [0.2, 0.25) is 5.91 Å². The topological polar surface area (TPSA) is 123 Å². The number of esters is 1. The largest absolute Gasteiger partial charge is 0.481 e. The second kappa shape index (κ2) is 13.9. The molecule has 54 heavy (non-hydrogen) atoms. The molecule has 296 valence electrons. The molecular weight excluding hydrogens is 700 g/mol. The van der Waals surface area contributed by atoms with E-state index >= 15 is 0 Å². The smallest absolute Gasteiger partial charge is 0.309 e. The second-order valence-corrected chi connectivity index (χ2v) is 20.5. The van der Waals surface area contributed by atoms with E-state index in [-0.39, 0.29) is 63.8 Å². The van der Waals surface area contributed by atoms with E-state index in [1.54, 1.807) is 32.2 Å². The lowest BCUT2D eigenvalue weighted by molar-refractivity contribution is -0.232. The van der Waals surface area contributed by atoms with E-state index in [1.165, 1.54) is 5.57 Å². The molecule has 2 N–H and O–H groups in total. The number of hydrogen-bond donors (Lipinski definition) is 2. The summed E-state index contributed by atoms with van der Waals surface area (Å²) in [5, 5.41) is 13.2. The Kier molecular flexibility index (Phi) is 10.5. The Morgan fingerprint density at radius 3 is 2.31 bits per heavy atom. The molecule has 0 aliphatic heterocycles. The second-order valence-electron chi connectivity index (χ2n) is 20.0. The fourth-order valence-electron chi connectivity index (χ4n) is 12.9. The first-order chi connectivity index (χ1) is 25.0. The number of allylic oxidation sites excluding steroid dienone is 3. The molecule has 2 unspecified atom stereocenters. The number of ether oxygens (including phenoxy) is 1. The number of rotatable bonds is 9. The summed E-state index contributed by atoms with van der Waals surface area (Å²) >= 11 is 6.03. The Labute approximate surface area is 327 Å². The average Bonchev–Trinajstić information content (AvgIpc) is 3.37. The maximum atomic E-state index is 14.0. The molecule has 6 rings (SSSR count). The average molecular weight is 763 g/mol. The van der Waals surface area contributed by atoms with Crippen LogP contribution in [0, 0.1) is 56.2 Å². The van der Waals surface area contributed by atoms with Crippen LogP contribution in [0.25, 0.3) is 0 Å². The van der Waals surface area contributed by atoms with Crippen molar-refractivity contribution in [2.45, 2.75) is 146 Å². The summed E-state index contributed by atoms with van der Waals surface area (Å²) in [4.78, 5) is 56.6. The predicted octanol–water partition coefficient (Wildman–Crippen LogP) is 9.86. The third kappa shape index (κ3) is 6.48. The van der Waals surface area contributed by atoms with E-state index in [1.807, 2.05) is 13.0 Å². The fourth-order valence-corrected chi connectivity index (χ4v) is 13.0. The van der Waals surface area contributed by atoms with Gasteiger partial charge in [0, 0.05) is 23.4 Å². The number of amides is 1. The van der Waals surface area contributed by atoms with Crippen LogP contribution in [-0.2, 0) is 23.9 Å². The molecule has 1 aromatic heterocycles. The van der Waals surface area contributed by atoms with Crippen molar-refractivity contribution in [3.63, 3.8) is 0 Å². The lowest BCUT2D eigenvalue weighted by atomic mass is 9.33. The summed E-state index contributed by atoms with van der Waals surface area (Å²) < 4.78 is 6.16. The van der Waals surface area contributed by atoms with Crippen LogP contribution in [-0.4, -0.2) is 39.8 Å². The van der Waals surface area contributed by atoms with Crippen LogP contribution < -0.4 is 5.32 Å². The Morgan fingerprint density at radius 1 is 0.981 bits per heavy atom. The first-order valence-electron chi connectivity index (χ1n) is 20.3. The Bertz CT molecular complexity index is 1760. The van der Waals surface area contributed by atoms with Crippen molar-refractivity contribution in [3.05, 3.63) is 52.3 Å². The molecule has 4 saturated carbocycles. The van der Waals surface area contributed by atoms with Crippen LogP contribution in [0.5, 0.6) is 0 Å². The van der Waals surface area contributed by atoms with Gasteiger partial charge in [0.15, 0.2) is 5.78 Å². The van der Waals surface area contributed by atoms with Gasteiger partial charge in [0.05, 0.1) is 28.6 Å². The molecule has 0 bridgehead atoms. The van der Waals surface area contributed by atoms with Gasteiger partial charge in [-0.1, -0.05) is 66.1 Å². The number of aliphatic carboxylic acids is 1. The maximum Gasteiger partial charge on any atom is 0.309 e. The molecule has 9 heteroatoms. The number of aromatic nitrogens is 1. The zero-order chi connectivity index (χ0) is 39.8. The highest BCUT2D eigenvalue weighted by Gasteiger charge is 2.70. The molecule has 5 aliphatic rings. The summed E-state index contributed by atoms with van der Waals surface area (Å²) in [6.07, 6.45) is 13.1. The van der Waals surface area contributed by atoms with Crippen LogP contribution in [0.15, 0.2) is 41.6 Å². The normalized spacial score (nSPS) is 36.6. The quantitative estimate of drug-likeness (QED) is 0.190. The van der Waals surface area contributed by atoms with Gasteiger partial charge in [-0.15, -0.1) is 0 Å². The monoisotopic (exact) mass is 762 g/mol. The Morgan fingerprint density at radius 2 is 1.69 bits per heavy atom. The summed E-state index contributed by atoms with van der Waals surface area (Å²) in [6.45, 7) is 21.5. The Hall–Kier alpha value is -3.00. The Balaban J connectivity index is 1.26. The standard InChI is InChI=1S/C45H63ClN2O6/c1-26(2)37-31(49)23-45(20-17-35(50)48-27(3)30-13-11-28(46)25-47-30)22-21-43(9)29(38(37)45)12-14-33-42(8)18-16-34(54-36(51)24-40(4,5)39(52)53)41(6,7)32(42)15-19-44(33,43)10/h11,13,17,20,25-27,29,32-34H,12,14-16,18-19,21-24H2,1-10H3,(H,48,50)(H,52,53)/b20-17+/t27-,29+,32-,33+,34-,42-,43+,44?,45?/m0/s1. The predicted molar refractivity (Wildman–Crippen MR) is 210 cm³/mol. The summed E-state index contributed by atoms with van der Waals surface area (Å²) in [7, 11) is 0. The summed E-state index contributed by atoms with van der Waals surface area (Å²) in [5.41, 5.74) is 1.22. The number of halogens is 1. The fraction of sp³-hybridized carbons (Fsp3) is 0.711. The minimum Gasteiger partial charge on any atom is -0.481 e. The minimum atomic E-state index is -1.17. The van der Waals surface area contributed by atoms with E-state index in [9.17, 15) is 24.3 Å². The van der Waals surface area contributed by atoms with Gasteiger partial charge in [-0.3, -0.25) is 24.2 Å². The van der Waals surface area contributed by atoms with Crippen LogP contribution in [0.2, 0.25) is 5.02 Å². The number of Topliss-reactive ketones (excluding diaryl/α,β-unsaturated/α-hetero) is 1. The molecule has 9 atom stereocenters. The van der Waals surface area contributed by atoms with Gasteiger partial charge in [-0.05, 0) is 141 Å². The number of nitrogens with zero attached hydrogens (tertiary/aromatic N) is 1. The van der Waals surface area contributed by atoms with Crippen molar-refractivity contribution in [2.24, 2.45) is 56.2 Å². The van der Waals surface area contributed by atoms with Crippen molar-refractivity contribution in [2.75, 3.05) is 0 Å². The van der Waals surface area contributed by atoms with Gasteiger partial charge in [-0.2, -0.15) is 0 Å². The number of ketones is 1. The number of nitrogens with one attached hydrogen (secondary N) is 1. The van der Waals surface area contributed by atoms with Crippen molar-refractivity contribution < 1.29 is 29.0 Å². The van der Waals surface area contributed by atoms with Crippen molar-refractivity contribution in [1.29, 1.82) is 0 Å². The zero-order valence-electron chi connectivity index (χ0n) is 34.2. The molecule has 0 saturated heterocycles. The third-order valence-corrected chi connectivity index (χ3v) is 16.2. The molecule has 5 aliphatic carbocycles. The summed E-state index contributed by atoms with van der Waals surface area (Å²) in [5.74, 6) is -0.191. The van der Waals surface area contributed by atoms with Gasteiger partial charge in [-0.25, -0.2) is 0 Å². The minimum absolute atomic E-state index is 0.0196. The van der Waals surface area contributed by atoms with E-state index in [0.717, 1.165) is 62.6 Å². The molecular formula is C45H63ClN2O6. The highest BCUT2D eigenvalue weighted by molar-refractivity contribution is 6.30. The molecule has 0 aromatic carbocycles. The number of pyridine rings is 1. The van der Waals surface area contributed by atoms with Crippen molar-refractivity contribution >= 4 is 35.2 Å². The van der Waals surface area contributed by atoms with Crippen molar-refractivity contribution in [1.82, 2.24) is 10.3 Å². The number of carbonyl (C=O) groups excluding carboxylic acids is 3. The molecule has 1 heterocycles. The molecule has 1 amide bonds. The molecule has 0 spiro atoms. The van der Waals surface area contributed by atoms with Crippen LogP contribution in [0.1, 0.15) is 145 Å². The van der Waals surface area contributed by atoms with Crippen LogP contribution in [0.3, 0.4) is 0 Å². The number of carboxylic acid groups (broad SMARTS) is 1. The lowest BCUT2D eigenvalue weighted by Crippen LogP contribution is -2.65. The molecule has 4 fully saturated rings. The van der Waals surface area contributed by atoms with Gasteiger partial charge in [0.25, 0.3) is 0 Å². The van der Waals surface area contributed by atoms with Crippen LogP contribution >= 0.6 is 11.6 Å². The third-order valence-electron chi connectivity index (χ3n) is 16.0. The SMILES string of the molecule is CC(C)C1=C2[C@H]3CC[C@H]4C(C)(CC[C@H]5C(C)(C)[C@@H](OC(=O)CC(C)(C)C(=O)O)CC[C@@]54C)[C@]3(C)CCC2(/C=C/C(=O)N[C@@H](C)c2ccc(Cl)cn2)CC1=O. The van der Waals surface area contributed by atoms with E-state index in [0.29, 0.717) is 23.3 Å².